The van der Waals surface area contributed by atoms with Gasteiger partial charge in [-0.1, -0.05) is 19.9 Å². The first-order valence-corrected chi connectivity index (χ1v) is 6.61. The van der Waals surface area contributed by atoms with E-state index in [1.165, 1.54) is 0 Å². The molecule has 1 unspecified atom stereocenters. The van der Waals surface area contributed by atoms with E-state index in [0.29, 0.717) is 24.2 Å². The van der Waals surface area contributed by atoms with Crippen LogP contribution in [0.25, 0.3) is 0 Å². The summed E-state index contributed by atoms with van der Waals surface area (Å²) in [6.45, 7) is 6.39. The van der Waals surface area contributed by atoms with Crippen LogP contribution in [0.1, 0.15) is 42.6 Å². The molecule has 1 rings (SSSR count). The van der Waals surface area contributed by atoms with Crippen molar-refractivity contribution in [3.8, 4) is 6.07 Å². The van der Waals surface area contributed by atoms with Crippen LogP contribution >= 0.6 is 0 Å². The molecule has 0 heterocycles. The number of carbonyl (C=O) groups excluding carboxylic acids is 1. The summed E-state index contributed by atoms with van der Waals surface area (Å²) in [4.78, 5) is 14.1. The van der Waals surface area contributed by atoms with Crippen molar-refractivity contribution in [1.82, 2.24) is 4.90 Å². The Bertz CT molecular complexity index is 491. The van der Waals surface area contributed by atoms with Gasteiger partial charge in [-0.15, -0.1) is 0 Å². The lowest BCUT2D eigenvalue weighted by Crippen LogP contribution is -2.39. The lowest BCUT2D eigenvalue weighted by molar-refractivity contribution is 0.0714. The molecule has 0 spiro atoms. The zero-order valence-electron chi connectivity index (χ0n) is 11.8. The fourth-order valence-corrected chi connectivity index (χ4v) is 1.96. The molecule has 102 valence electrons. The average molecular weight is 259 g/mol. The maximum atomic E-state index is 12.5. The smallest absolute Gasteiger partial charge is 0.255 e. The van der Waals surface area contributed by atoms with Crippen molar-refractivity contribution in [2.24, 2.45) is 0 Å². The normalized spacial score (nSPS) is 11.7. The highest BCUT2D eigenvalue weighted by atomic mass is 16.2. The molecular weight excluding hydrogens is 238 g/mol. The summed E-state index contributed by atoms with van der Waals surface area (Å²) >= 11 is 0. The van der Waals surface area contributed by atoms with Gasteiger partial charge >= 0.3 is 0 Å². The highest BCUT2D eigenvalue weighted by molar-refractivity contribution is 5.95. The highest BCUT2D eigenvalue weighted by Gasteiger charge is 2.22. The summed E-state index contributed by atoms with van der Waals surface area (Å²) in [5, 5.41) is 9.15. The maximum absolute atomic E-state index is 12.5. The van der Waals surface area contributed by atoms with E-state index in [-0.39, 0.29) is 11.9 Å². The number of hydrogen-bond donors (Lipinski definition) is 1. The Hall–Kier alpha value is -2.02. The van der Waals surface area contributed by atoms with Crippen molar-refractivity contribution >= 4 is 11.6 Å². The van der Waals surface area contributed by atoms with Crippen molar-refractivity contribution < 1.29 is 4.79 Å². The number of benzene rings is 1. The molecule has 0 aliphatic heterocycles. The lowest BCUT2D eigenvalue weighted by atomic mass is 10.1. The monoisotopic (exact) mass is 259 g/mol. The quantitative estimate of drug-likeness (QED) is 0.826. The Balaban J connectivity index is 3.05. The molecule has 19 heavy (non-hydrogen) atoms. The topological polar surface area (TPSA) is 70.1 Å². The van der Waals surface area contributed by atoms with Crippen molar-refractivity contribution in [3.05, 3.63) is 29.3 Å². The minimum Gasteiger partial charge on any atom is -0.398 e. The molecule has 0 aliphatic carbocycles. The summed E-state index contributed by atoms with van der Waals surface area (Å²) in [6, 6.07) is 7.09. The number of nitrogen functional groups attached to an aromatic ring is 1. The molecule has 0 saturated heterocycles. The maximum Gasteiger partial charge on any atom is 0.255 e. The van der Waals surface area contributed by atoms with E-state index in [2.05, 4.69) is 6.07 Å². The van der Waals surface area contributed by atoms with Gasteiger partial charge in [0, 0.05) is 17.8 Å². The highest BCUT2D eigenvalue weighted by Crippen LogP contribution is 2.17. The van der Waals surface area contributed by atoms with Crippen LogP contribution in [0.3, 0.4) is 0 Å². The van der Waals surface area contributed by atoms with E-state index < -0.39 is 0 Å². The second-order valence-corrected chi connectivity index (χ2v) is 4.62. The number of rotatable bonds is 5. The van der Waals surface area contributed by atoms with Crippen LogP contribution in [-0.4, -0.2) is 23.4 Å². The van der Waals surface area contributed by atoms with E-state index >= 15 is 0 Å². The molecular formula is C15H21N3O. The predicted molar refractivity (Wildman–Crippen MR) is 76.6 cm³/mol. The third kappa shape index (κ3) is 3.47. The SMILES string of the molecule is CCCN(C(=O)c1ccc(C)c(N)c1)C(C#N)CC. The van der Waals surface area contributed by atoms with Gasteiger partial charge in [0.05, 0.1) is 6.07 Å². The number of nitriles is 1. The zero-order valence-corrected chi connectivity index (χ0v) is 11.8. The predicted octanol–water partition coefficient (Wildman–Crippen LogP) is 2.73. The first-order valence-electron chi connectivity index (χ1n) is 6.61. The largest absolute Gasteiger partial charge is 0.398 e. The van der Waals surface area contributed by atoms with Gasteiger partial charge < -0.3 is 10.6 Å². The van der Waals surface area contributed by atoms with Crippen molar-refractivity contribution in [2.45, 2.75) is 39.7 Å². The number of nitrogens with zero attached hydrogens (tertiary/aromatic N) is 2. The number of aryl methyl sites for hydroxylation is 1. The zero-order chi connectivity index (χ0) is 14.4. The number of nitrogens with two attached hydrogens (primary N) is 1. The molecule has 0 fully saturated rings. The lowest BCUT2D eigenvalue weighted by Gasteiger charge is -2.26. The summed E-state index contributed by atoms with van der Waals surface area (Å²) in [6.07, 6.45) is 1.45. The average Bonchev–Trinajstić information content (AvgIpc) is 2.41. The Morgan fingerprint density at radius 3 is 2.63 bits per heavy atom. The van der Waals surface area contributed by atoms with Crippen LogP contribution in [0.4, 0.5) is 5.69 Å². The molecule has 1 aromatic rings. The fraction of sp³-hybridized carbons (Fsp3) is 0.467. The van der Waals surface area contributed by atoms with Crippen LogP contribution in [0.15, 0.2) is 18.2 Å². The molecule has 0 radical (unpaired) electrons. The Labute approximate surface area is 114 Å². The molecule has 1 amide bonds. The van der Waals surface area contributed by atoms with Crippen LogP contribution in [0, 0.1) is 18.3 Å². The van der Waals surface area contributed by atoms with Crippen LogP contribution in [0.2, 0.25) is 0 Å². The summed E-state index contributed by atoms with van der Waals surface area (Å²) in [5.41, 5.74) is 7.94. The van der Waals surface area contributed by atoms with Gasteiger partial charge in [-0.05, 0) is 37.5 Å². The second kappa shape index (κ2) is 6.79. The Morgan fingerprint density at radius 1 is 1.47 bits per heavy atom. The number of carbonyl (C=O) groups is 1. The minimum absolute atomic E-state index is 0.123. The van der Waals surface area contributed by atoms with E-state index in [1.807, 2.05) is 26.8 Å². The molecule has 0 aliphatic rings. The van der Waals surface area contributed by atoms with Crippen LogP contribution in [-0.2, 0) is 0 Å². The Morgan fingerprint density at radius 2 is 2.16 bits per heavy atom. The van der Waals surface area contributed by atoms with Gasteiger partial charge in [0.1, 0.15) is 6.04 Å². The van der Waals surface area contributed by atoms with Crippen molar-refractivity contribution in [1.29, 1.82) is 5.26 Å². The molecule has 0 bridgehead atoms. The van der Waals surface area contributed by atoms with Gasteiger partial charge in [-0.25, -0.2) is 0 Å². The minimum atomic E-state index is -0.380. The molecule has 4 heteroatoms. The van der Waals surface area contributed by atoms with Crippen molar-refractivity contribution in [3.63, 3.8) is 0 Å². The van der Waals surface area contributed by atoms with E-state index in [9.17, 15) is 4.79 Å². The summed E-state index contributed by atoms with van der Waals surface area (Å²) < 4.78 is 0. The number of amides is 1. The molecule has 0 aromatic heterocycles. The molecule has 0 saturated carbocycles. The van der Waals surface area contributed by atoms with E-state index in [1.54, 1.807) is 17.0 Å². The van der Waals surface area contributed by atoms with Crippen LogP contribution < -0.4 is 5.73 Å². The summed E-state index contributed by atoms with van der Waals surface area (Å²) in [7, 11) is 0. The molecule has 2 N–H and O–H groups in total. The van der Waals surface area contributed by atoms with E-state index in [4.69, 9.17) is 11.0 Å². The van der Waals surface area contributed by atoms with E-state index in [0.717, 1.165) is 12.0 Å². The third-order valence-electron chi connectivity index (χ3n) is 3.16. The third-order valence-corrected chi connectivity index (χ3v) is 3.16. The van der Waals surface area contributed by atoms with Gasteiger partial charge in [-0.2, -0.15) is 5.26 Å². The van der Waals surface area contributed by atoms with Crippen LogP contribution in [0.5, 0.6) is 0 Å². The first-order chi connectivity index (χ1) is 9.04. The van der Waals surface area contributed by atoms with Gasteiger partial charge in [-0.3, -0.25) is 4.79 Å². The number of hydrogen-bond acceptors (Lipinski definition) is 3. The second-order valence-electron chi connectivity index (χ2n) is 4.62. The molecule has 1 atom stereocenters. The van der Waals surface area contributed by atoms with Gasteiger partial charge in [0.2, 0.25) is 0 Å². The van der Waals surface area contributed by atoms with Gasteiger partial charge in [0.25, 0.3) is 5.91 Å². The molecule has 4 nitrogen and oxygen atoms in total. The fourth-order valence-electron chi connectivity index (χ4n) is 1.96. The van der Waals surface area contributed by atoms with Gasteiger partial charge in [0.15, 0.2) is 0 Å². The standard InChI is InChI=1S/C15H21N3O/c1-4-8-18(13(5-2)10-16)15(19)12-7-6-11(3)14(17)9-12/h6-7,9,13H,4-5,8,17H2,1-3H3. The number of anilines is 1. The summed E-state index contributed by atoms with van der Waals surface area (Å²) in [5.74, 6) is -0.123. The Kier molecular flexibility index (Phi) is 5.37. The van der Waals surface area contributed by atoms with Crippen molar-refractivity contribution in [2.75, 3.05) is 12.3 Å². The molecule has 1 aromatic carbocycles. The first kappa shape index (κ1) is 15.0.